The summed E-state index contributed by atoms with van der Waals surface area (Å²) in [6.07, 6.45) is 1.87. The number of methoxy groups -OCH3 is 1. The van der Waals surface area contributed by atoms with E-state index >= 15 is 0 Å². The Morgan fingerprint density at radius 3 is 2.60 bits per heavy atom. The van der Waals surface area contributed by atoms with Gasteiger partial charge in [0.2, 0.25) is 0 Å². The average molecular weight is 426 g/mol. The summed E-state index contributed by atoms with van der Waals surface area (Å²) in [4.78, 5) is 30.0. The molecule has 0 radical (unpaired) electrons. The Morgan fingerprint density at radius 2 is 1.87 bits per heavy atom. The van der Waals surface area contributed by atoms with Crippen LogP contribution in [0.3, 0.4) is 0 Å². The number of ether oxygens (including phenoxy) is 1. The van der Waals surface area contributed by atoms with Crippen LogP contribution in [0.2, 0.25) is 0 Å². The van der Waals surface area contributed by atoms with Crippen LogP contribution in [0.1, 0.15) is 22.5 Å². The highest BCUT2D eigenvalue weighted by Gasteiger charge is 2.37. The van der Waals surface area contributed by atoms with Crippen molar-refractivity contribution in [2.24, 2.45) is 0 Å². The second-order valence-corrected chi connectivity index (χ2v) is 7.99. The van der Waals surface area contributed by atoms with Gasteiger partial charge in [-0.1, -0.05) is 12.1 Å². The van der Waals surface area contributed by atoms with Crippen LogP contribution in [0.15, 0.2) is 36.5 Å². The number of hydrogen-bond donors (Lipinski definition) is 0. The maximum atomic E-state index is 13.0. The monoisotopic (exact) mass is 425 g/mol. The summed E-state index contributed by atoms with van der Waals surface area (Å²) in [6.45, 7) is 2.32. The van der Waals surface area contributed by atoms with Gasteiger partial charge in [0, 0.05) is 30.1 Å². The quantitative estimate of drug-likeness (QED) is 0.598. The molecule has 7 heteroatoms. The van der Waals surface area contributed by atoms with Crippen LogP contribution in [-0.2, 0) is 11.5 Å². The number of benzene rings is 2. The molecule has 2 heterocycles. The number of carbonyl (C=O) groups excluding carboxylic acids is 2. The predicted molar refractivity (Wildman–Crippen MR) is 120 cm³/mol. The van der Waals surface area contributed by atoms with Crippen LogP contribution in [-0.4, -0.2) is 60.2 Å². The van der Waals surface area contributed by atoms with E-state index < -0.39 is 0 Å². The predicted octanol–water partition coefficient (Wildman–Crippen LogP) is 3.56. The van der Waals surface area contributed by atoms with E-state index in [0.29, 0.717) is 17.8 Å². The molecule has 2 aliphatic rings. The summed E-state index contributed by atoms with van der Waals surface area (Å²) in [6, 6.07) is 9.99. The summed E-state index contributed by atoms with van der Waals surface area (Å²) in [5.74, 6) is 0.592. The number of ketones is 2. The maximum Gasteiger partial charge on any atom is 0.174 e. The smallest absolute Gasteiger partial charge is 0.174 e. The van der Waals surface area contributed by atoms with E-state index in [1.807, 2.05) is 50.6 Å². The molecule has 0 saturated carbocycles. The van der Waals surface area contributed by atoms with Gasteiger partial charge in [0.05, 0.1) is 42.5 Å². The fraction of sp³-hybridized carbons (Fsp3) is 0.304. The van der Waals surface area contributed by atoms with Crippen molar-refractivity contribution in [1.29, 1.82) is 0 Å². The van der Waals surface area contributed by atoms with E-state index in [9.17, 15) is 9.59 Å². The van der Waals surface area contributed by atoms with Crippen molar-refractivity contribution in [3.63, 3.8) is 0 Å². The second kappa shape index (κ2) is 7.45. The van der Waals surface area contributed by atoms with Gasteiger partial charge in [-0.05, 0) is 37.7 Å². The highest BCUT2D eigenvalue weighted by Crippen LogP contribution is 2.43. The van der Waals surface area contributed by atoms with E-state index in [1.54, 1.807) is 7.11 Å². The molecule has 0 unspecified atom stereocenters. The van der Waals surface area contributed by atoms with Crippen molar-refractivity contribution in [1.82, 2.24) is 14.4 Å². The minimum absolute atomic E-state index is 0. The van der Waals surface area contributed by atoms with Crippen molar-refractivity contribution < 1.29 is 14.3 Å². The molecule has 30 heavy (non-hydrogen) atoms. The lowest BCUT2D eigenvalue weighted by Gasteiger charge is -2.31. The molecular formula is C23H24ClN3O3. The van der Waals surface area contributed by atoms with Crippen LogP contribution in [0, 0.1) is 0 Å². The van der Waals surface area contributed by atoms with Crippen LogP contribution >= 0.6 is 12.4 Å². The number of Topliss-reactive ketones (excluding diaryl/α,β-unsaturated/α-hetero) is 2. The van der Waals surface area contributed by atoms with Crippen molar-refractivity contribution in [2.45, 2.75) is 13.1 Å². The summed E-state index contributed by atoms with van der Waals surface area (Å²) in [7, 11) is 5.73. The Hall–Kier alpha value is -2.83. The molecule has 2 aromatic carbocycles. The molecule has 1 aliphatic heterocycles. The SMILES string of the molecule is COc1cccc2c1ccc1c2c2c3n1CN(CCN(C)C)C=C3C(=O)CC2=O.Cl. The van der Waals surface area contributed by atoms with E-state index in [4.69, 9.17) is 4.74 Å². The zero-order chi connectivity index (χ0) is 20.3. The molecular weight excluding hydrogens is 402 g/mol. The third-order valence-electron chi connectivity index (χ3n) is 5.89. The summed E-state index contributed by atoms with van der Waals surface area (Å²) in [5, 5.41) is 2.89. The molecule has 5 rings (SSSR count). The largest absolute Gasteiger partial charge is 0.496 e. The first-order chi connectivity index (χ1) is 14.0. The van der Waals surface area contributed by atoms with Crippen molar-refractivity contribution in [3.8, 4) is 5.75 Å². The van der Waals surface area contributed by atoms with Gasteiger partial charge in [0.15, 0.2) is 11.6 Å². The standard InChI is InChI=1S/C23H23N3O3.ClH/c1-24(2)9-10-25-12-16-18(27)11-19(28)22-21-15-5-4-6-20(29-3)14(15)7-8-17(21)26(13-25)23(16)22;/h4-8,12H,9-11,13H2,1-3H3;1H. The fourth-order valence-corrected chi connectivity index (χ4v) is 4.52. The molecule has 3 aromatic rings. The number of carbonyl (C=O) groups is 2. The minimum Gasteiger partial charge on any atom is -0.496 e. The molecule has 6 nitrogen and oxygen atoms in total. The zero-order valence-corrected chi connectivity index (χ0v) is 18.1. The van der Waals surface area contributed by atoms with Crippen LogP contribution in [0.25, 0.3) is 27.2 Å². The Kier molecular flexibility index (Phi) is 5.08. The van der Waals surface area contributed by atoms with Gasteiger partial charge in [-0.3, -0.25) is 9.59 Å². The minimum atomic E-state index is -0.0945. The van der Waals surface area contributed by atoms with Gasteiger partial charge in [0.1, 0.15) is 5.75 Å². The number of nitrogens with zero attached hydrogens (tertiary/aromatic N) is 3. The molecule has 156 valence electrons. The molecule has 0 saturated heterocycles. The topological polar surface area (TPSA) is 54.8 Å². The van der Waals surface area contributed by atoms with E-state index in [2.05, 4.69) is 14.4 Å². The van der Waals surface area contributed by atoms with Gasteiger partial charge in [-0.2, -0.15) is 0 Å². The number of likely N-dealkylation sites (N-methyl/N-ethyl adjacent to an activating group) is 1. The number of rotatable bonds is 4. The molecule has 0 bridgehead atoms. The van der Waals surface area contributed by atoms with E-state index in [0.717, 1.165) is 46.2 Å². The third kappa shape index (κ3) is 2.90. The highest BCUT2D eigenvalue weighted by molar-refractivity contribution is 6.37. The third-order valence-corrected chi connectivity index (χ3v) is 5.89. The van der Waals surface area contributed by atoms with Crippen LogP contribution < -0.4 is 4.74 Å². The molecule has 1 aromatic heterocycles. The molecule has 0 N–H and O–H groups in total. The maximum absolute atomic E-state index is 13.0. The average Bonchev–Trinajstić information content (AvgIpc) is 3.05. The van der Waals surface area contributed by atoms with Crippen molar-refractivity contribution in [3.05, 3.63) is 47.8 Å². The number of allylic oxidation sites excluding steroid dienone is 1. The number of hydrogen-bond acceptors (Lipinski definition) is 5. The van der Waals surface area contributed by atoms with Crippen LogP contribution in [0.4, 0.5) is 0 Å². The summed E-state index contributed by atoms with van der Waals surface area (Å²) < 4.78 is 7.66. The molecule has 0 spiro atoms. The lowest BCUT2D eigenvalue weighted by atomic mass is 9.88. The second-order valence-electron chi connectivity index (χ2n) is 7.99. The molecule has 0 amide bonds. The first-order valence-electron chi connectivity index (χ1n) is 9.79. The normalized spacial score (nSPS) is 15.5. The summed E-state index contributed by atoms with van der Waals surface area (Å²) in [5.41, 5.74) is 3.09. The number of fused-ring (bicyclic) bond motifs is 5. The van der Waals surface area contributed by atoms with Gasteiger partial charge in [-0.25, -0.2) is 0 Å². The zero-order valence-electron chi connectivity index (χ0n) is 17.3. The Bertz CT molecular complexity index is 1230. The lowest BCUT2D eigenvalue weighted by Crippen LogP contribution is -2.35. The Labute approximate surface area is 181 Å². The lowest BCUT2D eigenvalue weighted by molar-refractivity contribution is -0.113. The van der Waals surface area contributed by atoms with E-state index in [-0.39, 0.29) is 30.4 Å². The number of halogens is 1. The summed E-state index contributed by atoms with van der Waals surface area (Å²) >= 11 is 0. The van der Waals surface area contributed by atoms with Crippen molar-refractivity contribution in [2.75, 3.05) is 34.3 Å². The molecule has 0 fully saturated rings. The van der Waals surface area contributed by atoms with Crippen molar-refractivity contribution >= 4 is 51.2 Å². The fourth-order valence-electron chi connectivity index (χ4n) is 4.52. The van der Waals surface area contributed by atoms with Gasteiger partial charge >= 0.3 is 0 Å². The Morgan fingerprint density at radius 1 is 1.07 bits per heavy atom. The Balaban J connectivity index is 0.00000218. The molecule has 1 aliphatic carbocycles. The van der Waals surface area contributed by atoms with Gasteiger partial charge in [-0.15, -0.1) is 12.4 Å². The van der Waals surface area contributed by atoms with Gasteiger partial charge in [0.25, 0.3) is 0 Å². The highest BCUT2D eigenvalue weighted by atomic mass is 35.5. The first kappa shape index (κ1) is 20.4. The van der Waals surface area contributed by atoms with E-state index in [1.165, 1.54) is 0 Å². The first-order valence-corrected chi connectivity index (χ1v) is 9.79. The molecule has 0 atom stereocenters. The van der Waals surface area contributed by atoms with Gasteiger partial charge < -0.3 is 19.1 Å². The number of aromatic nitrogens is 1. The van der Waals surface area contributed by atoms with Crippen LogP contribution in [0.5, 0.6) is 5.75 Å².